The van der Waals surface area contributed by atoms with E-state index in [0.29, 0.717) is 17.1 Å². The van der Waals surface area contributed by atoms with Crippen molar-refractivity contribution in [3.63, 3.8) is 0 Å². The number of nitrogens with zero attached hydrogens (tertiary/aromatic N) is 2. The van der Waals surface area contributed by atoms with Gasteiger partial charge in [0.15, 0.2) is 0 Å². The minimum absolute atomic E-state index is 0.0162. The minimum Gasteiger partial charge on any atom is -0.481 e. The van der Waals surface area contributed by atoms with Gasteiger partial charge in [0.25, 0.3) is 0 Å². The molecule has 0 atom stereocenters. The highest BCUT2D eigenvalue weighted by molar-refractivity contribution is 5.98. The van der Waals surface area contributed by atoms with Crippen LogP contribution in [0.1, 0.15) is 11.3 Å². The number of amidine groups is 1. The van der Waals surface area contributed by atoms with Crippen LogP contribution in [0.3, 0.4) is 0 Å². The third kappa shape index (κ3) is 1.13. The van der Waals surface area contributed by atoms with Gasteiger partial charge in [-0.1, -0.05) is 0 Å². The summed E-state index contributed by atoms with van der Waals surface area (Å²) < 4.78 is 6.60. The van der Waals surface area contributed by atoms with Gasteiger partial charge in [0, 0.05) is 7.05 Å². The molecule has 1 heterocycles. The molecule has 12 heavy (non-hydrogen) atoms. The highest BCUT2D eigenvalue weighted by atomic mass is 16.5. The number of nitrogens with one attached hydrogen (secondary N) is 1. The first-order chi connectivity index (χ1) is 5.57. The molecule has 5 nitrogen and oxygen atoms in total. The van der Waals surface area contributed by atoms with Crippen molar-refractivity contribution in [2.75, 3.05) is 7.11 Å². The summed E-state index contributed by atoms with van der Waals surface area (Å²) in [5.74, 6) is 0.512. The first kappa shape index (κ1) is 8.58. The fourth-order valence-corrected chi connectivity index (χ4v) is 1.18. The zero-order valence-corrected chi connectivity index (χ0v) is 7.38. The highest BCUT2D eigenvalue weighted by Crippen LogP contribution is 2.19. The minimum atomic E-state index is -0.0162. The lowest BCUT2D eigenvalue weighted by Gasteiger charge is -2.01. The maximum atomic E-state index is 7.28. The van der Waals surface area contributed by atoms with Crippen LogP contribution in [-0.2, 0) is 7.05 Å². The van der Waals surface area contributed by atoms with Crippen LogP contribution in [0.2, 0.25) is 0 Å². The lowest BCUT2D eigenvalue weighted by molar-refractivity contribution is 0.372. The molecule has 66 valence electrons. The molecule has 0 fully saturated rings. The van der Waals surface area contributed by atoms with E-state index >= 15 is 0 Å². The van der Waals surface area contributed by atoms with Gasteiger partial charge in [-0.25, -0.2) is 4.68 Å². The molecule has 0 spiro atoms. The maximum Gasteiger partial charge on any atom is 0.222 e. The number of hydrogen-bond donors (Lipinski definition) is 2. The molecule has 0 aromatic carbocycles. The Labute approximate surface area is 70.6 Å². The largest absolute Gasteiger partial charge is 0.481 e. The molecule has 5 heteroatoms. The maximum absolute atomic E-state index is 7.28. The Bertz CT molecular complexity index is 315. The number of nitrogen functional groups attached to an aromatic ring is 1. The number of methoxy groups -OCH3 is 1. The summed E-state index contributed by atoms with van der Waals surface area (Å²) >= 11 is 0. The topological polar surface area (TPSA) is 76.9 Å². The molecule has 1 aromatic heterocycles. The van der Waals surface area contributed by atoms with Gasteiger partial charge in [0.05, 0.1) is 12.8 Å². The molecule has 0 aliphatic heterocycles. The second kappa shape index (κ2) is 2.84. The van der Waals surface area contributed by atoms with E-state index < -0.39 is 0 Å². The van der Waals surface area contributed by atoms with Crippen LogP contribution in [-0.4, -0.2) is 22.7 Å². The second-order valence-electron chi connectivity index (χ2n) is 2.51. The zero-order valence-electron chi connectivity index (χ0n) is 7.38. The lowest BCUT2D eigenvalue weighted by Crippen LogP contribution is -2.13. The van der Waals surface area contributed by atoms with E-state index in [4.69, 9.17) is 15.9 Å². The zero-order chi connectivity index (χ0) is 9.30. The van der Waals surface area contributed by atoms with E-state index in [0.717, 1.165) is 0 Å². The summed E-state index contributed by atoms with van der Waals surface area (Å²) in [6.45, 7) is 1.79. The summed E-state index contributed by atoms with van der Waals surface area (Å²) in [6, 6.07) is 0. The number of ether oxygens (including phenoxy) is 1. The van der Waals surface area contributed by atoms with E-state index in [1.54, 1.807) is 18.7 Å². The van der Waals surface area contributed by atoms with Gasteiger partial charge in [-0.2, -0.15) is 5.10 Å². The fourth-order valence-electron chi connectivity index (χ4n) is 1.18. The monoisotopic (exact) mass is 168 g/mol. The smallest absolute Gasteiger partial charge is 0.222 e. The molecule has 1 rings (SSSR count). The molecule has 0 radical (unpaired) electrons. The molecule has 0 bridgehead atoms. The van der Waals surface area contributed by atoms with Crippen molar-refractivity contribution in [2.24, 2.45) is 12.8 Å². The van der Waals surface area contributed by atoms with Gasteiger partial charge in [-0.05, 0) is 6.92 Å². The van der Waals surface area contributed by atoms with Crippen molar-refractivity contribution < 1.29 is 4.74 Å². The van der Waals surface area contributed by atoms with Crippen molar-refractivity contribution in [1.82, 2.24) is 9.78 Å². The van der Waals surface area contributed by atoms with Crippen LogP contribution in [0.4, 0.5) is 0 Å². The number of aryl methyl sites for hydroxylation is 2. The number of rotatable bonds is 2. The number of aromatic nitrogens is 2. The summed E-state index contributed by atoms with van der Waals surface area (Å²) in [4.78, 5) is 0. The third-order valence-electron chi connectivity index (χ3n) is 1.63. The Kier molecular flexibility index (Phi) is 2.03. The Balaban J connectivity index is 3.32. The molecule has 3 N–H and O–H groups in total. The lowest BCUT2D eigenvalue weighted by atomic mass is 10.2. The molecule has 0 saturated carbocycles. The fraction of sp³-hybridized carbons (Fsp3) is 0.429. The molecule has 0 amide bonds. The quantitative estimate of drug-likeness (QED) is 0.482. The van der Waals surface area contributed by atoms with Gasteiger partial charge in [0.1, 0.15) is 11.4 Å². The van der Waals surface area contributed by atoms with E-state index in [1.807, 2.05) is 0 Å². The Morgan fingerprint density at radius 3 is 2.58 bits per heavy atom. The predicted molar refractivity (Wildman–Crippen MR) is 45.5 cm³/mol. The third-order valence-corrected chi connectivity index (χ3v) is 1.63. The molecule has 0 aliphatic rings. The van der Waals surface area contributed by atoms with Crippen LogP contribution in [0, 0.1) is 12.3 Å². The van der Waals surface area contributed by atoms with Gasteiger partial charge < -0.3 is 10.5 Å². The number of hydrogen-bond acceptors (Lipinski definition) is 3. The van der Waals surface area contributed by atoms with Crippen molar-refractivity contribution in [3.8, 4) is 5.88 Å². The molecule has 0 aliphatic carbocycles. The first-order valence-electron chi connectivity index (χ1n) is 3.50. The Morgan fingerprint density at radius 1 is 1.67 bits per heavy atom. The Hall–Kier alpha value is -1.52. The summed E-state index contributed by atoms with van der Waals surface area (Å²) in [5.41, 5.74) is 6.63. The predicted octanol–water partition coefficient (Wildman–Crippen LogP) is 0.0212. The average Bonchev–Trinajstić information content (AvgIpc) is 2.24. The van der Waals surface area contributed by atoms with E-state index in [1.165, 1.54) is 7.11 Å². The summed E-state index contributed by atoms with van der Waals surface area (Å²) in [5, 5.41) is 11.4. The van der Waals surface area contributed by atoms with Crippen LogP contribution < -0.4 is 10.5 Å². The van der Waals surface area contributed by atoms with Gasteiger partial charge in [0.2, 0.25) is 5.88 Å². The van der Waals surface area contributed by atoms with Crippen molar-refractivity contribution in [2.45, 2.75) is 6.92 Å². The van der Waals surface area contributed by atoms with Crippen LogP contribution >= 0.6 is 0 Å². The van der Waals surface area contributed by atoms with Crippen LogP contribution in [0.25, 0.3) is 0 Å². The van der Waals surface area contributed by atoms with Gasteiger partial charge in [-0.3, -0.25) is 5.41 Å². The molecule has 0 saturated heterocycles. The Morgan fingerprint density at radius 2 is 2.25 bits per heavy atom. The number of nitrogens with two attached hydrogens (primary N) is 1. The van der Waals surface area contributed by atoms with E-state index in [9.17, 15) is 0 Å². The van der Waals surface area contributed by atoms with Crippen molar-refractivity contribution in [3.05, 3.63) is 11.3 Å². The standard InChI is InChI=1S/C7H12N4O/c1-4-5(6(8)9)7(12-3)11(2)10-4/h1-3H3,(H3,8,9). The normalized spacial score (nSPS) is 9.92. The first-order valence-corrected chi connectivity index (χ1v) is 3.50. The SMILES string of the molecule is COc1c(C(=N)N)c(C)nn1C. The second-order valence-corrected chi connectivity index (χ2v) is 2.51. The summed E-state index contributed by atoms with van der Waals surface area (Å²) in [6.07, 6.45) is 0. The molecular weight excluding hydrogens is 156 g/mol. The highest BCUT2D eigenvalue weighted by Gasteiger charge is 2.15. The summed E-state index contributed by atoms with van der Waals surface area (Å²) in [7, 11) is 3.28. The van der Waals surface area contributed by atoms with Gasteiger partial charge >= 0.3 is 0 Å². The van der Waals surface area contributed by atoms with Gasteiger partial charge in [-0.15, -0.1) is 0 Å². The molecule has 0 unspecified atom stereocenters. The van der Waals surface area contributed by atoms with Crippen molar-refractivity contribution >= 4 is 5.84 Å². The van der Waals surface area contributed by atoms with Crippen molar-refractivity contribution in [1.29, 1.82) is 5.41 Å². The molecular formula is C7H12N4O. The van der Waals surface area contributed by atoms with Crippen LogP contribution in [0.5, 0.6) is 5.88 Å². The van der Waals surface area contributed by atoms with E-state index in [2.05, 4.69) is 5.10 Å². The van der Waals surface area contributed by atoms with E-state index in [-0.39, 0.29) is 5.84 Å². The molecule has 1 aromatic rings. The average molecular weight is 168 g/mol. The van der Waals surface area contributed by atoms with Crippen LogP contribution in [0.15, 0.2) is 0 Å².